The number of benzene rings is 2. The third-order valence-corrected chi connectivity index (χ3v) is 8.53. The van der Waals surface area contributed by atoms with E-state index in [0.717, 1.165) is 63.9 Å². The molecule has 1 spiro atoms. The molecule has 1 aromatic heterocycles. The molecular weight excluding hydrogens is 474 g/mol. The third-order valence-electron chi connectivity index (χ3n) is 8.53. The van der Waals surface area contributed by atoms with Crippen LogP contribution in [0.25, 0.3) is 11.1 Å². The standard InChI is InChI=1S/C32H37N3O3/c36-31(38-22-29-27-12-3-1-10-25(27)26-11-2-4-13-28(26)29)35-20-7-21-37-30-14-5-8-24(34-30)9-6-15-32(23-35)16-18-33-19-17-32/h1-5,8,10-14,29,33H,6-7,9,15-23H2. The van der Waals surface area contributed by atoms with Gasteiger partial charge in [0.05, 0.1) is 6.61 Å². The number of ether oxygens (including phenoxy) is 2. The zero-order valence-corrected chi connectivity index (χ0v) is 22.0. The molecule has 2 aromatic carbocycles. The van der Waals surface area contributed by atoms with E-state index in [4.69, 9.17) is 14.5 Å². The van der Waals surface area contributed by atoms with Crippen LogP contribution >= 0.6 is 0 Å². The van der Waals surface area contributed by atoms with Gasteiger partial charge in [-0.1, -0.05) is 54.6 Å². The van der Waals surface area contributed by atoms with Gasteiger partial charge in [0.15, 0.2) is 0 Å². The lowest BCUT2D eigenvalue weighted by atomic mass is 9.74. The number of piperidine rings is 1. The van der Waals surface area contributed by atoms with E-state index >= 15 is 0 Å². The van der Waals surface area contributed by atoms with Crippen molar-refractivity contribution in [2.75, 3.05) is 39.4 Å². The van der Waals surface area contributed by atoms with Crippen LogP contribution in [0.15, 0.2) is 66.7 Å². The Bertz CT molecular complexity index is 1220. The van der Waals surface area contributed by atoms with Crippen LogP contribution in [0.5, 0.6) is 5.88 Å². The minimum Gasteiger partial charge on any atom is -0.478 e. The summed E-state index contributed by atoms with van der Waals surface area (Å²) < 4.78 is 12.1. The van der Waals surface area contributed by atoms with Gasteiger partial charge >= 0.3 is 6.09 Å². The van der Waals surface area contributed by atoms with Crippen LogP contribution in [0.1, 0.15) is 54.8 Å². The van der Waals surface area contributed by atoms with E-state index in [0.29, 0.717) is 25.6 Å². The molecule has 3 aliphatic rings. The highest BCUT2D eigenvalue weighted by Gasteiger charge is 2.36. The average molecular weight is 512 g/mol. The maximum atomic E-state index is 13.7. The van der Waals surface area contributed by atoms with Crippen LogP contribution in [0, 0.1) is 5.41 Å². The second-order valence-corrected chi connectivity index (χ2v) is 11.0. The first kappa shape index (κ1) is 24.9. The summed E-state index contributed by atoms with van der Waals surface area (Å²) in [5, 5.41) is 3.52. The summed E-state index contributed by atoms with van der Waals surface area (Å²) in [7, 11) is 0. The van der Waals surface area contributed by atoms with Gasteiger partial charge in [-0.25, -0.2) is 9.78 Å². The summed E-state index contributed by atoms with van der Waals surface area (Å²) in [6.07, 6.45) is 5.73. The van der Waals surface area contributed by atoms with Crippen molar-refractivity contribution in [2.45, 2.75) is 44.4 Å². The minimum atomic E-state index is -0.210. The van der Waals surface area contributed by atoms with Gasteiger partial charge in [0.2, 0.25) is 5.88 Å². The fourth-order valence-electron chi connectivity index (χ4n) is 6.52. The van der Waals surface area contributed by atoms with Crippen molar-refractivity contribution in [3.8, 4) is 17.0 Å². The molecule has 3 heterocycles. The molecule has 2 bridgehead atoms. The predicted molar refractivity (Wildman–Crippen MR) is 148 cm³/mol. The molecule has 0 atom stereocenters. The van der Waals surface area contributed by atoms with E-state index < -0.39 is 0 Å². The second kappa shape index (κ2) is 11.2. The lowest BCUT2D eigenvalue weighted by molar-refractivity contribution is 0.0611. The summed E-state index contributed by atoms with van der Waals surface area (Å²) in [5.41, 5.74) is 6.15. The van der Waals surface area contributed by atoms with E-state index in [1.807, 2.05) is 17.0 Å². The predicted octanol–water partition coefficient (Wildman–Crippen LogP) is 5.81. The largest absolute Gasteiger partial charge is 0.478 e. The Kier molecular flexibility index (Phi) is 7.32. The zero-order chi connectivity index (χ0) is 25.8. The van der Waals surface area contributed by atoms with Crippen LogP contribution in [-0.2, 0) is 11.2 Å². The Morgan fingerprint density at radius 3 is 2.45 bits per heavy atom. The molecule has 6 nitrogen and oxygen atoms in total. The molecule has 3 aromatic rings. The van der Waals surface area contributed by atoms with E-state index in [2.05, 4.69) is 59.9 Å². The zero-order valence-electron chi connectivity index (χ0n) is 22.0. The number of nitrogens with zero attached hydrogens (tertiary/aromatic N) is 2. The van der Waals surface area contributed by atoms with Crippen molar-refractivity contribution in [3.63, 3.8) is 0 Å². The van der Waals surface area contributed by atoms with Crippen LogP contribution < -0.4 is 10.1 Å². The number of carbonyl (C=O) groups excluding carboxylic acids is 1. The maximum absolute atomic E-state index is 13.7. The average Bonchev–Trinajstić information content (AvgIpc) is 3.27. The molecule has 6 rings (SSSR count). The number of aryl methyl sites for hydroxylation is 1. The number of carbonyl (C=O) groups is 1. The first-order valence-electron chi connectivity index (χ1n) is 14.1. The number of aromatic nitrogens is 1. The normalized spacial score (nSPS) is 19.3. The highest BCUT2D eigenvalue weighted by Crippen LogP contribution is 2.44. The van der Waals surface area contributed by atoms with E-state index in [1.165, 1.54) is 22.3 Å². The Hall–Kier alpha value is -3.38. The first-order valence-corrected chi connectivity index (χ1v) is 14.1. The van der Waals surface area contributed by atoms with Gasteiger partial charge in [-0.05, 0) is 85.3 Å². The van der Waals surface area contributed by atoms with E-state index in [-0.39, 0.29) is 17.4 Å². The number of rotatable bonds is 2. The van der Waals surface area contributed by atoms with Gasteiger partial charge in [-0.3, -0.25) is 0 Å². The Morgan fingerprint density at radius 1 is 0.947 bits per heavy atom. The highest BCUT2D eigenvalue weighted by molar-refractivity contribution is 5.79. The quantitative estimate of drug-likeness (QED) is 0.471. The smallest absolute Gasteiger partial charge is 0.409 e. The van der Waals surface area contributed by atoms with Gasteiger partial charge in [0, 0.05) is 30.8 Å². The molecule has 38 heavy (non-hydrogen) atoms. The van der Waals surface area contributed by atoms with Gasteiger partial charge in [0.1, 0.15) is 6.61 Å². The molecule has 1 N–H and O–H groups in total. The van der Waals surface area contributed by atoms with Crippen LogP contribution in [0.2, 0.25) is 0 Å². The fraction of sp³-hybridized carbons (Fsp3) is 0.438. The molecule has 6 heteroatoms. The molecule has 0 saturated carbocycles. The number of nitrogens with one attached hydrogen (secondary N) is 1. The van der Waals surface area contributed by atoms with Gasteiger partial charge in [-0.2, -0.15) is 0 Å². The third kappa shape index (κ3) is 5.28. The summed E-state index contributed by atoms with van der Waals surface area (Å²) in [6.45, 7) is 4.22. The van der Waals surface area contributed by atoms with Gasteiger partial charge in [0.25, 0.3) is 0 Å². The number of hydrogen-bond acceptors (Lipinski definition) is 5. The molecule has 0 radical (unpaired) electrons. The van der Waals surface area contributed by atoms with Crippen molar-refractivity contribution in [2.24, 2.45) is 5.41 Å². The van der Waals surface area contributed by atoms with E-state index in [9.17, 15) is 4.79 Å². The Balaban J connectivity index is 1.19. The highest BCUT2D eigenvalue weighted by atomic mass is 16.6. The topological polar surface area (TPSA) is 63.7 Å². The summed E-state index contributed by atoms with van der Waals surface area (Å²) in [6, 6.07) is 23.0. The first-order chi connectivity index (χ1) is 18.7. The van der Waals surface area contributed by atoms with Crippen LogP contribution in [0.4, 0.5) is 4.79 Å². The maximum Gasteiger partial charge on any atom is 0.409 e. The molecule has 198 valence electrons. The lowest BCUT2D eigenvalue weighted by Crippen LogP contribution is -2.47. The molecule has 2 aliphatic heterocycles. The monoisotopic (exact) mass is 511 g/mol. The number of amides is 1. The Labute approximate surface area is 225 Å². The number of pyridine rings is 1. The molecule has 1 amide bonds. The van der Waals surface area contributed by atoms with E-state index in [1.54, 1.807) is 0 Å². The van der Waals surface area contributed by atoms with Crippen LogP contribution in [-0.4, -0.2) is 55.4 Å². The fourth-order valence-corrected chi connectivity index (χ4v) is 6.52. The van der Waals surface area contributed by atoms with Crippen molar-refractivity contribution in [1.29, 1.82) is 0 Å². The molecule has 0 unspecified atom stereocenters. The molecule has 1 fully saturated rings. The van der Waals surface area contributed by atoms with Crippen molar-refractivity contribution in [1.82, 2.24) is 15.2 Å². The summed E-state index contributed by atoms with van der Waals surface area (Å²) >= 11 is 0. The molecule has 1 aliphatic carbocycles. The second-order valence-electron chi connectivity index (χ2n) is 11.0. The Morgan fingerprint density at radius 2 is 1.68 bits per heavy atom. The molecule has 1 saturated heterocycles. The van der Waals surface area contributed by atoms with Crippen molar-refractivity contribution in [3.05, 3.63) is 83.6 Å². The SMILES string of the molecule is O=C(OCC1c2ccccc2-c2ccccc21)N1CCCOc2cccc(n2)CCCC2(CCNCC2)C1. The van der Waals surface area contributed by atoms with Gasteiger partial charge < -0.3 is 19.7 Å². The molecular formula is C32H37N3O3. The van der Waals surface area contributed by atoms with Crippen LogP contribution in [0.3, 0.4) is 0 Å². The number of hydrogen-bond donors (Lipinski definition) is 1. The van der Waals surface area contributed by atoms with Crippen molar-refractivity contribution >= 4 is 6.09 Å². The van der Waals surface area contributed by atoms with Crippen molar-refractivity contribution < 1.29 is 14.3 Å². The minimum absolute atomic E-state index is 0.0656. The van der Waals surface area contributed by atoms with Gasteiger partial charge in [-0.15, -0.1) is 0 Å². The summed E-state index contributed by atoms with van der Waals surface area (Å²) in [4.78, 5) is 20.3. The lowest BCUT2D eigenvalue weighted by Gasteiger charge is -2.41. The summed E-state index contributed by atoms with van der Waals surface area (Å²) in [5.74, 6) is 0.738. The number of fused-ring (bicyclic) bond motifs is 5.